The number of hydrogen-bond donors (Lipinski definition) is 1. The van der Waals surface area contributed by atoms with Crippen molar-refractivity contribution in [2.45, 2.75) is 13.0 Å². The van der Waals surface area contributed by atoms with Gasteiger partial charge < -0.3 is 19.9 Å². The van der Waals surface area contributed by atoms with E-state index < -0.39 is 0 Å². The van der Waals surface area contributed by atoms with Crippen LogP contribution in [0.15, 0.2) is 42.5 Å². The predicted molar refractivity (Wildman–Crippen MR) is 83.1 cm³/mol. The van der Waals surface area contributed by atoms with Crippen LogP contribution in [0.2, 0.25) is 0 Å². The molecule has 1 atom stereocenters. The Hall–Kier alpha value is -2.20. The zero-order valence-electron chi connectivity index (χ0n) is 12.6. The maximum Gasteiger partial charge on any atom is 0.124 e. The molecular weight excluding hydrogens is 266 g/mol. The van der Waals surface area contributed by atoms with Crippen molar-refractivity contribution < 1.29 is 14.2 Å². The molecule has 0 heterocycles. The molecule has 2 aromatic carbocycles. The van der Waals surface area contributed by atoms with Crippen LogP contribution in [-0.4, -0.2) is 20.8 Å². The molecule has 0 aliphatic rings. The molecule has 0 aromatic heterocycles. The first-order valence-electron chi connectivity index (χ1n) is 6.81. The molecule has 1 unspecified atom stereocenters. The molecule has 112 valence electrons. The summed E-state index contributed by atoms with van der Waals surface area (Å²) in [6, 6.07) is 13.2. The van der Waals surface area contributed by atoms with Gasteiger partial charge in [0.15, 0.2) is 0 Å². The highest BCUT2D eigenvalue weighted by Gasteiger charge is 2.14. The highest BCUT2D eigenvalue weighted by Crippen LogP contribution is 2.28. The SMILES string of the molecule is COc1ccc(OC)c(C(N)COc2ccc(C)cc2)c1. The fraction of sp³-hybridized carbons (Fsp3) is 0.294. The van der Waals surface area contributed by atoms with Gasteiger partial charge in [0.25, 0.3) is 0 Å². The van der Waals surface area contributed by atoms with Gasteiger partial charge in [-0.2, -0.15) is 0 Å². The van der Waals surface area contributed by atoms with Crippen molar-refractivity contribution in [1.82, 2.24) is 0 Å². The van der Waals surface area contributed by atoms with Crippen molar-refractivity contribution in [2.24, 2.45) is 5.73 Å². The van der Waals surface area contributed by atoms with Gasteiger partial charge in [-0.15, -0.1) is 0 Å². The summed E-state index contributed by atoms with van der Waals surface area (Å²) in [6.45, 7) is 2.41. The van der Waals surface area contributed by atoms with Crippen LogP contribution in [0.4, 0.5) is 0 Å². The van der Waals surface area contributed by atoms with Crippen molar-refractivity contribution in [3.8, 4) is 17.2 Å². The lowest BCUT2D eigenvalue weighted by Gasteiger charge is -2.17. The van der Waals surface area contributed by atoms with Gasteiger partial charge >= 0.3 is 0 Å². The molecule has 0 spiro atoms. The van der Waals surface area contributed by atoms with Crippen LogP contribution in [0.1, 0.15) is 17.2 Å². The third-order valence-corrected chi connectivity index (χ3v) is 3.29. The summed E-state index contributed by atoms with van der Waals surface area (Å²) < 4.78 is 16.3. The summed E-state index contributed by atoms with van der Waals surface area (Å²) in [7, 11) is 3.25. The largest absolute Gasteiger partial charge is 0.497 e. The minimum absolute atomic E-state index is 0.295. The van der Waals surface area contributed by atoms with Crippen LogP contribution < -0.4 is 19.9 Å². The Bertz CT molecular complexity index is 581. The van der Waals surface area contributed by atoms with E-state index in [4.69, 9.17) is 19.9 Å². The Morgan fingerprint density at radius 3 is 2.24 bits per heavy atom. The van der Waals surface area contributed by atoms with Gasteiger partial charge in [0.1, 0.15) is 23.9 Å². The van der Waals surface area contributed by atoms with Crippen LogP contribution in [0, 0.1) is 6.92 Å². The van der Waals surface area contributed by atoms with Crippen LogP contribution in [-0.2, 0) is 0 Å². The van der Waals surface area contributed by atoms with Gasteiger partial charge in [0, 0.05) is 5.56 Å². The van der Waals surface area contributed by atoms with Gasteiger partial charge in [0.2, 0.25) is 0 Å². The van der Waals surface area contributed by atoms with Gasteiger partial charge in [-0.1, -0.05) is 17.7 Å². The maximum atomic E-state index is 6.21. The van der Waals surface area contributed by atoms with Crippen molar-refractivity contribution >= 4 is 0 Å². The van der Waals surface area contributed by atoms with Gasteiger partial charge in [0.05, 0.1) is 20.3 Å². The summed E-state index contributed by atoms with van der Waals surface area (Å²) in [6.07, 6.45) is 0. The van der Waals surface area contributed by atoms with E-state index >= 15 is 0 Å². The molecule has 0 aliphatic carbocycles. The van der Waals surface area contributed by atoms with E-state index in [9.17, 15) is 0 Å². The van der Waals surface area contributed by atoms with E-state index in [0.29, 0.717) is 6.61 Å². The lowest BCUT2D eigenvalue weighted by Crippen LogP contribution is -2.19. The molecule has 0 saturated heterocycles. The third kappa shape index (κ3) is 3.89. The number of rotatable bonds is 6. The highest BCUT2D eigenvalue weighted by molar-refractivity contribution is 5.42. The smallest absolute Gasteiger partial charge is 0.124 e. The van der Waals surface area contributed by atoms with E-state index in [1.807, 2.05) is 49.4 Å². The Morgan fingerprint density at radius 2 is 1.62 bits per heavy atom. The summed E-state index contributed by atoms with van der Waals surface area (Å²) in [5.41, 5.74) is 8.27. The Morgan fingerprint density at radius 1 is 0.952 bits per heavy atom. The Labute approximate surface area is 125 Å². The van der Waals surface area contributed by atoms with Crippen LogP contribution >= 0.6 is 0 Å². The summed E-state index contributed by atoms with van der Waals surface area (Å²) >= 11 is 0. The quantitative estimate of drug-likeness (QED) is 0.887. The topological polar surface area (TPSA) is 53.7 Å². The predicted octanol–water partition coefficient (Wildman–Crippen LogP) is 3.09. The number of methoxy groups -OCH3 is 2. The lowest BCUT2D eigenvalue weighted by atomic mass is 10.1. The van der Waals surface area contributed by atoms with Gasteiger partial charge in [-0.3, -0.25) is 0 Å². The van der Waals surface area contributed by atoms with Crippen molar-refractivity contribution in [1.29, 1.82) is 0 Å². The number of benzene rings is 2. The van der Waals surface area contributed by atoms with Crippen LogP contribution in [0.3, 0.4) is 0 Å². The minimum Gasteiger partial charge on any atom is -0.497 e. The normalized spacial score (nSPS) is 11.8. The number of nitrogens with two attached hydrogens (primary N) is 1. The monoisotopic (exact) mass is 287 g/mol. The van der Waals surface area contributed by atoms with Crippen LogP contribution in [0.5, 0.6) is 17.2 Å². The zero-order chi connectivity index (χ0) is 15.2. The van der Waals surface area contributed by atoms with Gasteiger partial charge in [-0.05, 0) is 37.3 Å². The molecule has 0 fully saturated rings. The second-order valence-electron chi connectivity index (χ2n) is 4.84. The first kappa shape index (κ1) is 15.2. The number of hydrogen-bond acceptors (Lipinski definition) is 4. The standard InChI is InChI=1S/C17H21NO3/c1-12-4-6-13(7-5-12)21-11-16(18)15-10-14(19-2)8-9-17(15)20-3/h4-10,16H,11,18H2,1-3H3. The Balaban J connectivity index is 2.08. The van der Waals surface area contributed by atoms with Crippen molar-refractivity contribution in [3.05, 3.63) is 53.6 Å². The molecule has 0 radical (unpaired) electrons. The third-order valence-electron chi connectivity index (χ3n) is 3.29. The molecule has 2 N–H and O–H groups in total. The minimum atomic E-state index is -0.295. The highest BCUT2D eigenvalue weighted by atomic mass is 16.5. The van der Waals surface area contributed by atoms with E-state index in [2.05, 4.69) is 0 Å². The summed E-state index contributed by atoms with van der Waals surface area (Å²) in [5.74, 6) is 2.28. The van der Waals surface area contributed by atoms with E-state index in [1.165, 1.54) is 5.56 Å². The fourth-order valence-electron chi connectivity index (χ4n) is 2.04. The zero-order valence-corrected chi connectivity index (χ0v) is 12.6. The number of aryl methyl sites for hydroxylation is 1. The summed E-state index contributed by atoms with van der Waals surface area (Å²) in [4.78, 5) is 0. The molecule has 0 aliphatic heterocycles. The van der Waals surface area contributed by atoms with Gasteiger partial charge in [-0.25, -0.2) is 0 Å². The second kappa shape index (κ2) is 6.99. The molecular formula is C17H21NO3. The van der Waals surface area contributed by atoms with Crippen LogP contribution in [0.25, 0.3) is 0 Å². The molecule has 4 nitrogen and oxygen atoms in total. The maximum absolute atomic E-state index is 6.21. The molecule has 2 aromatic rings. The molecule has 21 heavy (non-hydrogen) atoms. The fourth-order valence-corrected chi connectivity index (χ4v) is 2.04. The summed E-state index contributed by atoms with van der Waals surface area (Å²) in [5, 5.41) is 0. The van der Waals surface area contributed by atoms with Crippen molar-refractivity contribution in [3.63, 3.8) is 0 Å². The Kier molecular flexibility index (Phi) is 5.06. The molecule has 2 rings (SSSR count). The van der Waals surface area contributed by atoms with E-state index in [-0.39, 0.29) is 6.04 Å². The van der Waals surface area contributed by atoms with E-state index in [0.717, 1.165) is 22.8 Å². The average molecular weight is 287 g/mol. The average Bonchev–Trinajstić information content (AvgIpc) is 2.53. The van der Waals surface area contributed by atoms with Crippen molar-refractivity contribution in [2.75, 3.05) is 20.8 Å². The molecule has 0 amide bonds. The first-order chi connectivity index (χ1) is 10.1. The molecule has 4 heteroatoms. The first-order valence-corrected chi connectivity index (χ1v) is 6.81. The van der Waals surface area contributed by atoms with E-state index in [1.54, 1.807) is 14.2 Å². The molecule has 0 saturated carbocycles. The molecule has 0 bridgehead atoms. The second-order valence-corrected chi connectivity index (χ2v) is 4.84. The number of ether oxygens (including phenoxy) is 3. The lowest BCUT2D eigenvalue weighted by molar-refractivity contribution is 0.286.